The van der Waals surface area contributed by atoms with Crippen molar-refractivity contribution in [2.75, 3.05) is 13.1 Å². The molecule has 0 aromatic carbocycles. The zero-order valence-corrected chi connectivity index (χ0v) is 10.8. The number of aliphatic carboxylic acids is 1. The highest BCUT2D eigenvalue weighted by atomic mass is 16.4. The molecule has 18 heavy (non-hydrogen) atoms. The monoisotopic (exact) mass is 251 g/mol. The molecule has 0 aromatic heterocycles. The van der Waals surface area contributed by atoms with Gasteiger partial charge in [0.15, 0.2) is 0 Å². The second kappa shape index (κ2) is 6.38. The van der Waals surface area contributed by atoms with Crippen molar-refractivity contribution in [1.29, 1.82) is 0 Å². The maximum Gasteiger partial charge on any atom is 0.307 e. The minimum Gasteiger partial charge on any atom is -0.481 e. The molecule has 0 spiro atoms. The van der Waals surface area contributed by atoms with Crippen LogP contribution >= 0.6 is 0 Å². The molecule has 1 aliphatic rings. The molecule has 3 atom stereocenters. The van der Waals surface area contributed by atoms with Crippen molar-refractivity contribution in [3.8, 4) is 0 Å². The number of rotatable bonds is 6. The van der Waals surface area contributed by atoms with Gasteiger partial charge in [-0.2, -0.15) is 0 Å². The summed E-state index contributed by atoms with van der Waals surface area (Å²) in [6.07, 6.45) is 4.54. The lowest BCUT2D eigenvalue weighted by Gasteiger charge is -2.25. The van der Waals surface area contributed by atoms with E-state index >= 15 is 0 Å². The third kappa shape index (κ3) is 3.22. The molecule has 0 aromatic rings. The Balaban J connectivity index is 2.82. The fourth-order valence-electron chi connectivity index (χ4n) is 2.64. The number of carbonyl (C=O) groups is 2. The van der Waals surface area contributed by atoms with E-state index < -0.39 is 17.8 Å². The first-order valence-electron chi connectivity index (χ1n) is 6.24. The van der Waals surface area contributed by atoms with Crippen LogP contribution in [0, 0.1) is 17.8 Å². The normalized spacial score (nSPS) is 26.6. The number of carboxylic acid groups (broad SMARTS) is 1. The molecule has 4 nitrogen and oxygen atoms in total. The molecule has 1 N–H and O–H groups in total. The lowest BCUT2D eigenvalue weighted by Crippen LogP contribution is -2.39. The van der Waals surface area contributed by atoms with E-state index in [1.54, 1.807) is 17.1 Å². The van der Waals surface area contributed by atoms with Gasteiger partial charge in [0.25, 0.3) is 0 Å². The molecule has 1 amide bonds. The summed E-state index contributed by atoms with van der Waals surface area (Å²) in [6.45, 7) is 10.1. The van der Waals surface area contributed by atoms with Crippen LogP contribution < -0.4 is 0 Å². The maximum atomic E-state index is 12.4. The van der Waals surface area contributed by atoms with Crippen LogP contribution in [0.3, 0.4) is 0 Å². The van der Waals surface area contributed by atoms with Crippen molar-refractivity contribution in [1.82, 2.24) is 4.90 Å². The largest absolute Gasteiger partial charge is 0.481 e. The van der Waals surface area contributed by atoms with Crippen LogP contribution in [0.4, 0.5) is 0 Å². The minimum absolute atomic E-state index is 0.0912. The summed E-state index contributed by atoms with van der Waals surface area (Å²) in [6, 6.07) is 0. The smallest absolute Gasteiger partial charge is 0.307 e. The lowest BCUT2D eigenvalue weighted by atomic mass is 9.94. The Morgan fingerprint density at radius 1 is 1.22 bits per heavy atom. The summed E-state index contributed by atoms with van der Waals surface area (Å²) in [5.41, 5.74) is 0. The molecular weight excluding hydrogens is 230 g/mol. The highest BCUT2D eigenvalue weighted by Gasteiger charge is 2.42. The van der Waals surface area contributed by atoms with Crippen LogP contribution in [0.25, 0.3) is 0 Å². The van der Waals surface area contributed by atoms with Crippen molar-refractivity contribution in [2.24, 2.45) is 17.8 Å². The number of hydrogen-bond acceptors (Lipinski definition) is 2. The highest BCUT2D eigenvalue weighted by molar-refractivity contribution is 5.85. The second-order valence-electron chi connectivity index (χ2n) is 4.95. The average Bonchev–Trinajstić information content (AvgIpc) is 2.70. The summed E-state index contributed by atoms with van der Waals surface area (Å²) in [7, 11) is 0. The summed E-state index contributed by atoms with van der Waals surface area (Å²) < 4.78 is 0. The minimum atomic E-state index is -0.866. The molecule has 1 saturated carbocycles. The van der Waals surface area contributed by atoms with Gasteiger partial charge >= 0.3 is 5.97 Å². The van der Waals surface area contributed by atoms with E-state index in [0.717, 1.165) is 0 Å². The predicted molar refractivity (Wildman–Crippen MR) is 70.0 cm³/mol. The molecule has 1 fully saturated rings. The van der Waals surface area contributed by atoms with E-state index in [1.807, 2.05) is 6.92 Å². The summed E-state index contributed by atoms with van der Waals surface area (Å²) in [5.74, 6) is -1.63. The Kier molecular flexibility index (Phi) is 5.13. The van der Waals surface area contributed by atoms with E-state index in [1.165, 1.54) is 0 Å². The second-order valence-corrected chi connectivity index (χ2v) is 4.95. The first kappa shape index (κ1) is 14.5. The number of amides is 1. The predicted octanol–water partition coefficient (Wildman–Crippen LogP) is 1.93. The Hall–Kier alpha value is -1.58. The quantitative estimate of drug-likeness (QED) is 0.734. The average molecular weight is 251 g/mol. The number of carboxylic acids is 1. The van der Waals surface area contributed by atoms with Gasteiger partial charge in [-0.3, -0.25) is 9.59 Å². The summed E-state index contributed by atoms with van der Waals surface area (Å²) >= 11 is 0. The van der Waals surface area contributed by atoms with Crippen molar-refractivity contribution in [3.05, 3.63) is 25.3 Å². The fraction of sp³-hybridized carbons (Fsp3) is 0.571. The highest BCUT2D eigenvalue weighted by Crippen LogP contribution is 2.37. The molecule has 0 heterocycles. The van der Waals surface area contributed by atoms with E-state index in [-0.39, 0.29) is 11.8 Å². The standard InChI is InChI=1S/C14H21NO3/c1-4-6-15(7-5-2)13(16)11-8-10(3)9-12(11)14(17)18/h4-5,10-12H,1-2,6-9H2,3H3,(H,17,18). The van der Waals surface area contributed by atoms with Crippen LogP contribution in [0.5, 0.6) is 0 Å². The summed E-state index contributed by atoms with van der Waals surface area (Å²) in [5, 5.41) is 9.18. The molecule has 0 aliphatic heterocycles. The van der Waals surface area contributed by atoms with Gasteiger partial charge in [0.05, 0.1) is 11.8 Å². The van der Waals surface area contributed by atoms with Gasteiger partial charge in [0.1, 0.15) is 0 Å². The number of carbonyl (C=O) groups excluding carboxylic acids is 1. The fourth-order valence-corrected chi connectivity index (χ4v) is 2.64. The molecular formula is C14H21NO3. The zero-order chi connectivity index (χ0) is 13.7. The van der Waals surface area contributed by atoms with Gasteiger partial charge in [-0.1, -0.05) is 19.1 Å². The Morgan fingerprint density at radius 2 is 1.72 bits per heavy atom. The summed E-state index contributed by atoms with van der Waals surface area (Å²) in [4.78, 5) is 25.2. The van der Waals surface area contributed by atoms with Crippen molar-refractivity contribution >= 4 is 11.9 Å². The maximum absolute atomic E-state index is 12.4. The first-order valence-corrected chi connectivity index (χ1v) is 6.24. The van der Waals surface area contributed by atoms with Crippen LogP contribution in [0.1, 0.15) is 19.8 Å². The Labute approximate surface area is 108 Å². The zero-order valence-electron chi connectivity index (χ0n) is 10.8. The van der Waals surface area contributed by atoms with Gasteiger partial charge in [-0.15, -0.1) is 13.2 Å². The van der Waals surface area contributed by atoms with E-state index in [0.29, 0.717) is 25.9 Å². The lowest BCUT2D eigenvalue weighted by molar-refractivity contribution is -0.148. The molecule has 1 aliphatic carbocycles. The van der Waals surface area contributed by atoms with Crippen molar-refractivity contribution in [2.45, 2.75) is 19.8 Å². The van der Waals surface area contributed by atoms with E-state index in [2.05, 4.69) is 13.2 Å². The third-order valence-electron chi connectivity index (χ3n) is 3.44. The van der Waals surface area contributed by atoms with Crippen LogP contribution in [-0.4, -0.2) is 35.0 Å². The van der Waals surface area contributed by atoms with Gasteiger partial charge in [0.2, 0.25) is 5.91 Å². The van der Waals surface area contributed by atoms with Crippen LogP contribution in [0.15, 0.2) is 25.3 Å². The Bertz CT molecular complexity index is 341. The van der Waals surface area contributed by atoms with Gasteiger partial charge in [-0.05, 0) is 18.8 Å². The van der Waals surface area contributed by atoms with Gasteiger partial charge in [0, 0.05) is 13.1 Å². The molecule has 0 radical (unpaired) electrons. The van der Waals surface area contributed by atoms with E-state index in [4.69, 9.17) is 0 Å². The SMILES string of the molecule is C=CCN(CC=C)C(=O)C1CC(C)CC1C(=O)O. The van der Waals surface area contributed by atoms with Crippen LogP contribution in [0.2, 0.25) is 0 Å². The van der Waals surface area contributed by atoms with Gasteiger partial charge < -0.3 is 10.0 Å². The van der Waals surface area contributed by atoms with Crippen molar-refractivity contribution in [3.63, 3.8) is 0 Å². The molecule has 100 valence electrons. The molecule has 0 saturated heterocycles. The molecule has 0 bridgehead atoms. The Morgan fingerprint density at radius 3 is 2.17 bits per heavy atom. The topological polar surface area (TPSA) is 57.6 Å². The van der Waals surface area contributed by atoms with E-state index in [9.17, 15) is 14.7 Å². The molecule has 3 unspecified atom stereocenters. The van der Waals surface area contributed by atoms with Gasteiger partial charge in [-0.25, -0.2) is 0 Å². The number of hydrogen-bond donors (Lipinski definition) is 1. The first-order chi connectivity index (χ1) is 8.51. The number of nitrogens with zero attached hydrogens (tertiary/aromatic N) is 1. The molecule has 1 rings (SSSR count). The van der Waals surface area contributed by atoms with Crippen molar-refractivity contribution < 1.29 is 14.7 Å². The third-order valence-corrected chi connectivity index (χ3v) is 3.44. The molecule has 4 heteroatoms. The van der Waals surface area contributed by atoms with Crippen LogP contribution in [-0.2, 0) is 9.59 Å².